The molecule has 2 aromatic rings. The first-order valence-corrected chi connectivity index (χ1v) is 10.3. The molecule has 2 amide bonds. The summed E-state index contributed by atoms with van der Waals surface area (Å²) in [6, 6.07) is 6.69. The van der Waals surface area contributed by atoms with Crippen LogP contribution in [0.2, 0.25) is 0 Å². The maximum Gasteiger partial charge on any atom is 0.416 e. The van der Waals surface area contributed by atoms with Crippen LogP contribution in [-0.2, 0) is 30.4 Å². The number of nitrogens with zero attached hydrogens (tertiary/aromatic N) is 2. The number of ketones is 1. The van der Waals surface area contributed by atoms with Gasteiger partial charge < -0.3 is 10.2 Å². The normalized spacial score (nSPS) is 14.9. The lowest BCUT2D eigenvalue weighted by Crippen LogP contribution is -2.43. The van der Waals surface area contributed by atoms with Gasteiger partial charge in [0, 0.05) is 37.3 Å². The zero-order valence-corrected chi connectivity index (χ0v) is 17.8. The molecule has 1 atom stereocenters. The van der Waals surface area contributed by atoms with Crippen LogP contribution >= 0.6 is 0 Å². The van der Waals surface area contributed by atoms with Gasteiger partial charge in [-0.05, 0) is 54.3 Å². The number of hydrogen-bond donors (Lipinski definition) is 1. The van der Waals surface area contributed by atoms with Crippen LogP contribution in [0.3, 0.4) is 0 Å². The van der Waals surface area contributed by atoms with E-state index in [1.54, 1.807) is 17.2 Å². The molecule has 0 spiro atoms. The van der Waals surface area contributed by atoms with Crippen molar-refractivity contribution < 1.29 is 22.8 Å². The number of pyridine rings is 1. The van der Waals surface area contributed by atoms with Crippen molar-refractivity contribution in [2.75, 3.05) is 6.54 Å². The fourth-order valence-electron chi connectivity index (χ4n) is 3.51. The molecule has 2 heterocycles. The van der Waals surface area contributed by atoms with E-state index in [9.17, 15) is 22.8 Å². The summed E-state index contributed by atoms with van der Waals surface area (Å²) in [6.45, 7) is 6.13. The Morgan fingerprint density at radius 1 is 1.13 bits per heavy atom. The average molecular weight is 433 g/mol. The van der Waals surface area contributed by atoms with Gasteiger partial charge in [0.15, 0.2) is 0 Å². The van der Waals surface area contributed by atoms with Crippen molar-refractivity contribution in [2.24, 2.45) is 5.92 Å². The smallest absolute Gasteiger partial charge is 0.331 e. The first-order chi connectivity index (χ1) is 14.5. The van der Waals surface area contributed by atoms with Gasteiger partial charge in [0.05, 0.1) is 11.6 Å². The molecule has 0 radical (unpaired) electrons. The Morgan fingerprint density at radius 3 is 2.55 bits per heavy atom. The standard InChI is InChI=1S/C23H26F3N3O2/c1-14(2)21(30)12-20-11-16(6-8-27-20)15(3)28-22(31)29-9-7-17-10-19(23(24,25)26)5-4-18(17)13-29/h4-6,8,10-11,14-15H,7,9,12-13H2,1-3H3,(H,28,31). The van der Waals surface area contributed by atoms with Crippen molar-refractivity contribution in [1.82, 2.24) is 15.2 Å². The molecule has 1 aromatic heterocycles. The number of Topliss-reactive ketones (excluding diaryl/α,β-unsaturated/α-hetero) is 1. The van der Waals surface area contributed by atoms with E-state index >= 15 is 0 Å². The highest BCUT2D eigenvalue weighted by Crippen LogP contribution is 2.32. The van der Waals surface area contributed by atoms with Gasteiger partial charge in [-0.1, -0.05) is 19.9 Å². The molecule has 0 fully saturated rings. The lowest BCUT2D eigenvalue weighted by Gasteiger charge is -2.30. The second-order valence-corrected chi connectivity index (χ2v) is 8.20. The van der Waals surface area contributed by atoms with E-state index in [0.29, 0.717) is 24.2 Å². The SMILES string of the molecule is CC(C)C(=O)Cc1cc(C(C)NC(=O)N2CCc3cc(C(F)(F)F)ccc3C2)ccn1. The van der Waals surface area contributed by atoms with Crippen molar-refractivity contribution in [2.45, 2.75) is 52.4 Å². The molecule has 0 saturated carbocycles. The van der Waals surface area contributed by atoms with Crippen LogP contribution in [0, 0.1) is 5.92 Å². The summed E-state index contributed by atoms with van der Waals surface area (Å²) >= 11 is 0. The van der Waals surface area contributed by atoms with E-state index in [-0.39, 0.29) is 36.7 Å². The van der Waals surface area contributed by atoms with Gasteiger partial charge in [0.1, 0.15) is 5.78 Å². The van der Waals surface area contributed by atoms with Crippen LogP contribution in [0.15, 0.2) is 36.5 Å². The van der Waals surface area contributed by atoms with E-state index in [0.717, 1.165) is 17.2 Å². The van der Waals surface area contributed by atoms with Gasteiger partial charge in [-0.25, -0.2) is 4.79 Å². The second kappa shape index (κ2) is 9.08. The number of carbonyl (C=O) groups is 2. The molecule has 1 aromatic carbocycles. The van der Waals surface area contributed by atoms with Gasteiger partial charge in [0.25, 0.3) is 0 Å². The zero-order valence-electron chi connectivity index (χ0n) is 17.8. The highest BCUT2D eigenvalue weighted by atomic mass is 19.4. The number of benzene rings is 1. The summed E-state index contributed by atoms with van der Waals surface area (Å²) in [5, 5.41) is 2.93. The van der Waals surface area contributed by atoms with Crippen LogP contribution in [0.25, 0.3) is 0 Å². The monoisotopic (exact) mass is 433 g/mol. The van der Waals surface area contributed by atoms with Crippen molar-refractivity contribution in [3.05, 3.63) is 64.5 Å². The van der Waals surface area contributed by atoms with Crippen LogP contribution in [-0.4, -0.2) is 28.2 Å². The first kappa shape index (κ1) is 22.8. The predicted octanol–water partition coefficient (Wildman–Crippen LogP) is 4.70. The third-order valence-corrected chi connectivity index (χ3v) is 5.51. The Labute approximate surface area is 179 Å². The molecular weight excluding hydrogens is 407 g/mol. The number of rotatable bonds is 5. The maximum absolute atomic E-state index is 12.9. The Hall–Kier alpha value is -2.90. The summed E-state index contributed by atoms with van der Waals surface area (Å²) in [7, 11) is 0. The number of amides is 2. The summed E-state index contributed by atoms with van der Waals surface area (Å²) in [6.07, 6.45) is -2.13. The van der Waals surface area contributed by atoms with Gasteiger partial charge in [-0.2, -0.15) is 13.2 Å². The fourth-order valence-corrected chi connectivity index (χ4v) is 3.51. The minimum Gasteiger partial charge on any atom is -0.331 e. The molecule has 5 nitrogen and oxygen atoms in total. The molecule has 166 valence electrons. The molecule has 0 bridgehead atoms. The van der Waals surface area contributed by atoms with Crippen LogP contribution < -0.4 is 5.32 Å². The summed E-state index contributed by atoms with van der Waals surface area (Å²) < 4.78 is 38.7. The number of urea groups is 1. The van der Waals surface area contributed by atoms with Crippen molar-refractivity contribution in [3.63, 3.8) is 0 Å². The van der Waals surface area contributed by atoms with Gasteiger partial charge in [0.2, 0.25) is 0 Å². The Balaban J connectivity index is 1.64. The number of aromatic nitrogens is 1. The lowest BCUT2D eigenvalue weighted by molar-refractivity contribution is -0.137. The highest BCUT2D eigenvalue weighted by molar-refractivity contribution is 5.82. The molecule has 3 rings (SSSR count). The average Bonchev–Trinajstić information content (AvgIpc) is 2.72. The molecule has 31 heavy (non-hydrogen) atoms. The van der Waals surface area contributed by atoms with E-state index in [4.69, 9.17) is 0 Å². The van der Waals surface area contributed by atoms with E-state index < -0.39 is 11.7 Å². The van der Waals surface area contributed by atoms with Crippen LogP contribution in [0.5, 0.6) is 0 Å². The predicted molar refractivity (Wildman–Crippen MR) is 110 cm³/mol. The summed E-state index contributed by atoms with van der Waals surface area (Å²) in [4.78, 5) is 30.5. The van der Waals surface area contributed by atoms with Gasteiger partial charge >= 0.3 is 12.2 Å². The molecule has 1 unspecified atom stereocenters. The van der Waals surface area contributed by atoms with Crippen molar-refractivity contribution in [1.29, 1.82) is 0 Å². The molecule has 1 aliphatic heterocycles. The van der Waals surface area contributed by atoms with Crippen LogP contribution in [0.1, 0.15) is 54.8 Å². The summed E-state index contributed by atoms with van der Waals surface area (Å²) in [5.74, 6) is 0.0266. The summed E-state index contributed by atoms with van der Waals surface area (Å²) in [5.41, 5.74) is 2.18. The van der Waals surface area contributed by atoms with E-state index in [1.165, 1.54) is 12.1 Å². The Morgan fingerprint density at radius 2 is 1.87 bits per heavy atom. The van der Waals surface area contributed by atoms with Crippen LogP contribution in [0.4, 0.5) is 18.0 Å². The minimum atomic E-state index is -4.37. The molecule has 8 heteroatoms. The Kier molecular flexibility index (Phi) is 6.67. The second-order valence-electron chi connectivity index (χ2n) is 8.20. The number of fused-ring (bicyclic) bond motifs is 1. The molecular formula is C23H26F3N3O2. The van der Waals surface area contributed by atoms with Gasteiger partial charge in [-0.3, -0.25) is 9.78 Å². The number of carbonyl (C=O) groups excluding carboxylic acids is 2. The molecule has 0 aliphatic carbocycles. The number of nitrogens with one attached hydrogen (secondary N) is 1. The third-order valence-electron chi connectivity index (χ3n) is 5.51. The quantitative estimate of drug-likeness (QED) is 0.744. The molecule has 1 aliphatic rings. The Bertz CT molecular complexity index is 973. The van der Waals surface area contributed by atoms with Gasteiger partial charge in [-0.15, -0.1) is 0 Å². The number of halogens is 3. The lowest BCUT2D eigenvalue weighted by atomic mass is 9.97. The topological polar surface area (TPSA) is 62.3 Å². The van der Waals surface area contributed by atoms with E-state index in [2.05, 4.69) is 10.3 Å². The first-order valence-electron chi connectivity index (χ1n) is 10.3. The fraction of sp³-hybridized carbons (Fsp3) is 0.435. The number of alkyl halides is 3. The number of hydrogen-bond acceptors (Lipinski definition) is 3. The largest absolute Gasteiger partial charge is 0.416 e. The zero-order chi connectivity index (χ0) is 22.8. The van der Waals surface area contributed by atoms with Crippen molar-refractivity contribution >= 4 is 11.8 Å². The van der Waals surface area contributed by atoms with E-state index in [1.807, 2.05) is 26.8 Å². The minimum absolute atomic E-state index is 0.0724. The maximum atomic E-state index is 12.9. The van der Waals surface area contributed by atoms with Crippen molar-refractivity contribution in [3.8, 4) is 0 Å². The highest BCUT2D eigenvalue weighted by Gasteiger charge is 2.32. The molecule has 1 N–H and O–H groups in total. The third kappa shape index (κ3) is 5.62. The molecule has 0 saturated heterocycles.